The second-order valence-electron chi connectivity index (χ2n) is 9.68. The van der Waals surface area contributed by atoms with Gasteiger partial charge in [0, 0.05) is 27.6 Å². The van der Waals surface area contributed by atoms with E-state index >= 15 is 0 Å². The predicted octanol–water partition coefficient (Wildman–Crippen LogP) is 6.47. The molecule has 0 atom stereocenters. The molecule has 2 N–H and O–H groups in total. The van der Waals surface area contributed by atoms with Crippen LogP contribution in [0.1, 0.15) is 41.7 Å². The SMILES string of the molecule is CCNC(=O)S(=O)(=O)Nc1sc(CC(C)C)cc1-c1ccc(Cn2c(-c3ccccc3)nc(OC)c2C=O)c(Cl)c1. The summed E-state index contributed by atoms with van der Waals surface area (Å²) in [6.45, 7) is 6.23. The Kier molecular flexibility index (Phi) is 9.52. The van der Waals surface area contributed by atoms with Crippen molar-refractivity contribution >= 4 is 49.5 Å². The fraction of sp³-hybridized carbons (Fsp3) is 0.276. The summed E-state index contributed by atoms with van der Waals surface area (Å²) in [6.07, 6.45) is 1.45. The molecule has 2 heterocycles. The molecule has 2 aromatic heterocycles. The summed E-state index contributed by atoms with van der Waals surface area (Å²) < 4.78 is 34.9. The first kappa shape index (κ1) is 30.3. The van der Waals surface area contributed by atoms with E-state index in [-0.39, 0.29) is 24.7 Å². The number of methoxy groups -OCH3 is 1. The predicted molar refractivity (Wildman–Crippen MR) is 164 cm³/mol. The van der Waals surface area contributed by atoms with Crippen molar-refractivity contribution in [2.45, 2.75) is 33.7 Å². The molecule has 41 heavy (non-hydrogen) atoms. The first-order valence-corrected chi connectivity index (χ1v) is 15.6. The number of ether oxygens (including phenoxy) is 1. The van der Waals surface area contributed by atoms with Gasteiger partial charge in [0.15, 0.2) is 6.29 Å². The molecule has 0 aliphatic rings. The molecular weight excluding hydrogens is 584 g/mol. The van der Waals surface area contributed by atoms with E-state index in [1.54, 1.807) is 17.6 Å². The average molecular weight is 615 g/mol. The van der Waals surface area contributed by atoms with E-state index in [0.717, 1.165) is 22.4 Å². The molecule has 0 unspecified atom stereocenters. The molecule has 0 saturated carbocycles. The maximum absolute atomic E-state index is 12.7. The van der Waals surface area contributed by atoms with Crippen LogP contribution in [0.4, 0.5) is 9.80 Å². The van der Waals surface area contributed by atoms with Gasteiger partial charge in [-0.25, -0.2) is 0 Å². The van der Waals surface area contributed by atoms with Crippen LogP contribution < -0.4 is 14.8 Å². The number of carbonyl (C=O) groups excluding carboxylic acids is 2. The first-order chi connectivity index (χ1) is 19.6. The van der Waals surface area contributed by atoms with E-state index in [4.69, 9.17) is 16.3 Å². The molecule has 12 heteroatoms. The minimum Gasteiger partial charge on any atom is -0.479 e. The van der Waals surface area contributed by atoms with Gasteiger partial charge in [0.05, 0.1) is 13.7 Å². The van der Waals surface area contributed by atoms with Crippen LogP contribution in [0, 0.1) is 5.92 Å². The number of anilines is 1. The zero-order valence-corrected chi connectivity index (χ0v) is 25.5. The fourth-order valence-electron chi connectivity index (χ4n) is 4.33. The molecule has 0 saturated heterocycles. The summed E-state index contributed by atoms with van der Waals surface area (Å²) in [6, 6.07) is 16.8. The van der Waals surface area contributed by atoms with Crippen LogP contribution in [0.5, 0.6) is 5.88 Å². The van der Waals surface area contributed by atoms with Gasteiger partial charge in [-0.1, -0.05) is 67.9 Å². The quantitative estimate of drug-likeness (QED) is 0.187. The number of aldehydes is 1. The lowest BCUT2D eigenvalue weighted by molar-refractivity contribution is 0.111. The molecule has 0 spiro atoms. The van der Waals surface area contributed by atoms with Crippen LogP contribution in [0.2, 0.25) is 5.02 Å². The van der Waals surface area contributed by atoms with Crippen molar-refractivity contribution in [1.29, 1.82) is 0 Å². The molecule has 1 amide bonds. The Morgan fingerprint density at radius 2 is 1.88 bits per heavy atom. The number of carbonyl (C=O) groups is 2. The highest BCUT2D eigenvalue weighted by molar-refractivity contribution is 8.07. The topological polar surface area (TPSA) is 119 Å². The van der Waals surface area contributed by atoms with Gasteiger partial charge in [-0.2, -0.15) is 13.4 Å². The number of benzene rings is 2. The molecule has 0 bridgehead atoms. The fourth-order valence-corrected chi connectivity index (χ4v) is 6.99. The summed E-state index contributed by atoms with van der Waals surface area (Å²) in [5, 5.41) is 1.99. The Balaban J connectivity index is 1.73. The van der Waals surface area contributed by atoms with Crippen molar-refractivity contribution < 1.29 is 22.7 Å². The van der Waals surface area contributed by atoms with Crippen molar-refractivity contribution in [1.82, 2.24) is 14.9 Å². The van der Waals surface area contributed by atoms with Crippen molar-refractivity contribution in [2.24, 2.45) is 5.92 Å². The maximum Gasteiger partial charge on any atom is 0.357 e. The largest absolute Gasteiger partial charge is 0.479 e. The number of rotatable bonds is 11. The molecule has 2 aromatic carbocycles. The minimum absolute atomic E-state index is 0.188. The molecular formula is C29H31ClN4O5S2. The molecule has 216 valence electrons. The molecule has 0 fully saturated rings. The van der Waals surface area contributed by atoms with Crippen LogP contribution in [0.25, 0.3) is 22.5 Å². The van der Waals surface area contributed by atoms with Crippen LogP contribution in [-0.2, 0) is 23.0 Å². The highest BCUT2D eigenvalue weighted by Gasteiger charge is 2.25. The lowest BCUT2D eigenvalue weighted by atomic mass is 10.0. The van der Waals surface area contributed by atoms with Crippen molar-refractivity contribution in [3.63, 3.8) is 0 Å². The second-order valence-corrected chi connectivity index (χ2v) is 12.8. The molecule has 0 aliphatic carbocycles. The Morgan fingerprint density at radius 1 is 1.15 bits per heavy atom. The zero-order valence-electron chi connectivity index (χ0n) is 23.1. The van der Waals surface area contributed by atoms with Gasteiger partial charge in [0.1, 0.15) is 16.5 Å². The number of hydrogen-bond donors (Lipinski definition) is 2. The van der Waals surface area contributed by atoms with E-state index in [1.165, 1.54) is 18.4 Å². The van der Waals surface area contributed by atoms with Crippen LogP contribution in [0.3, 0.4) is 0 Å². The van der Waals surface area contributed by atoms with Gasteiger partial charge < -0.3 is 14.6 Å². The van der Waals surface area contributed by atoms with E-state index in [9.17, 15) is 18.0 Å². The number of aromatic nitrogens is 2. The third-order valence-electron chi connectivity index (χ3n) is 6.19. The first-order valence-electron chi connectivity index (χ1n) is 12.9. The third-order valence-corrected chi connectivity index (χ3v) is 8.85. The Morgan fingerprint density at radius 3 is 2.49 bits per heavy atom. The highest BCUT2D eigenvalue weighted by atomic mass is 35.5. The van der Waals surface area contributed by atoms with Crippen LogP contribution in [-0.4, -0.2) is 43.1 Å². The maximum atomic E-state index is 12.7. The van der Waals surface area contributed by atoms with Gasteiger partial charge in [-0.3, -0.25) is 14.3 Å². The molecule has 0 aliphatic heterocycles. The lowest BCUT2D eigenvalue weighted by Crippen LogP contribution is -2.33. The summed E-state index contributed by atoms with van der Waals surface area (Å²) in [5.41, 5.74) is 3.12. The number of nitrogens with one attached hydrogen (secondary N) is 2. The summed E-state index contributed by atoms with van der Waals surface area (Å²) >= 11 is 8.07. The van der Waals surface area contributed by atoms with E-state index in [2.05, 4.69) is 28.9 Å². The summed E-state index contributed by atoms with van der Waals surface area (Å²) in [4.78, 5) is 29.7. The zero-order chi connectivity index (χ0) is 29.7. The Bertz CT molecular complexity index is 1660. The molecule has 4 aromatic rings. The van der Waals surface area contributed by atoms with Crippen molar-refractivity contribution in [3.05, 3.63) is 75.8 Å². The Hall–Kier alpha value is -3.67. The van der Waals surface area contributed by atoms with Gasteiger partial charge in [-0.05, 0) is 42.5 Å². The van der Waals surface area contributed by atoms with E-state index in [0.29, 0.717) is 39.2 Å². The van der Waals surface area contributed by atoms with E-state index < -0.39 is 15.3 Å². The van der Waals surface area contributed by atoms with E-state index in [1.807, 2.05) is 48.5 Å². The molecule has 9 nitrogen and oxygen atoms in total. The van der Waals surface area contributed by atoms with Gasteiger partial charge in [0.2, 0.25) is 5.88 Å². The average Bonchev–Trinajstić information content (AvgIpc) is 3.49. The lowest BCUT2D eigenvalue weighted by Gasteiger charge is -2.13. The number of nitrogens with zero attached hydrogens (tertiary/aromatic N) is 2. The summed E-state index contributed by atoms with van der Waals surface area (Å²) in [5.74, 6) is 1.12. The van der Waals surface area contributed by atoms with Crippen molar-refractivity contribution in [3.8, 4) is 28.4 Å². The monoisotopic (exact) mass is 614 g/mol. The van der Waals surface area contributed by atoms with Gasteiger partial charge >= 0.3 is 15.3 Å². The highest BCUT2D eigenvalue weighted by Crippen LogP contribution is 2.40. The normalized spacial score (nSPS) is 11.5. The smallest absolute Gasteiger partial charge is 0.357 e. The third kappa shape index (κ3) is 6.80. The molecule has 0 radical (unpaired) electrons. The molecule has 4 rings (SSSR count). The minimum atomic E-state index is -4.30. The number of amides is 1. The number of sulfonamides is 1. The van der Waals surface area contributed by atoms with Gasteiger partial charge in [0.25, 0.3) is 0 Å². The number of imidazole rings is 1. The Labute approximate surface area is 248 Å². The number of halogens is 1. The summed E-state index contributed by atoms with van der Waals surface area (Å²) in [7, 11) is -2.84. The van der Waals surface area contributed by atoms with Crippen LogP contribution in [0.15, 0.2) is 54.6 Å². The standard InChI is InChI=1S/C29H31ClN4O5S2/c1-5-31-29(36)41(37,38)33-28-23(15-22(40-28)13-18(2)3)20-11-12-21(24(30)14-20)16-34-25(17-35)27(39-4)32-26(34)19-9-7-6-8-10-19/h6-12,14-15,17-18,33H,5,13,16H2,1-4H3,(H,31,36). The van der Waals surface area contributed by atoms with Crippen molar-refractivity contribution in [2.75, 3.05) is 18.4 Å². The van der Waals surface area contributed by atoms with Crippen LogP contribution >= 0.6 is 22.9 Å². The van der Waals surface area contributed by atoms with Gasteiger partial charge in [-0.15, -0.1) is 11.3 Å². The second kappa shape index (κ2) is 12.9. The number of thiophene rings is 1. The number of hydrogen-bond acceptors (Lipinski definition) is 7.